The molecule has 4 aromatic heterocycles. The van der Waals surface area contributed by atoms with Crippen molar-refractivity contribution in [2.45, 2.75) is 0 Å². The van der Waals surface area contributed by atoms with Crippen molar-refractivity contribution in [2.75, 3.05) is 0 Å². The maximum absolute atomic E-state index is 5.35. The van der Waals surface area contributed by atoms with Crippen LogP contribution in [-0.2, 0) is 0 Å². The number of hydrogen-bond acceptors (Lipinski definition) is 2. The van der Waals surface area contributed by atoms with E-state index in [1.807, 2.05) is 12.1 Å². The summed E-state index contributed by atoms with van der Waals surface area (Å²) in [6, 6.07) is 89.2. The van der Waals surface area contributed by atoms with E-state index in [4.69, 9.17) is 9.97 Å². The molecule has 5 heteroatoms. The van der Waals surface area contributed by atoms with Crippen LogP contribution in [0.3, 0.4) is 0 Å². The molecule has 0 saturated carbocycles. The van der Waals surface area contributed by atoms with E-state index in [0.29, 0.717) is 5.82 Å². The van der Waals surface area contributed by atoms with E-state index in [1.54, 1.807) is 0 Å². The number of benzene rings is 10. The van der Waals surface area contributed by atoms with Gasteiger partial charge in [-0.2, -0.15) is 0 Å². The highest BCUT2D eigenvalue weighted by Gasteiger charge is 2.24. The fourth-order valence-corrected chi connectivity index (χ4v) is 10.9. The molecule has 0 fully saturated rings. The summed E-state index contributed by atoms with van der Waals surface area (Å²) in [6.45, 7) is 0. The topological polar surface area (TPSA) is 40.6 Å². The summed E-state index contributed by atoms with van der Waals surface area (Å²) in [6.07, 6.45) is 0. The molecule has 14 aromatic rings. The number of hydrogen-bond donors (Lipinski definition) is 0. The lowest BCUT2D eigenvalue weighted by molar-refractivity contribution is 1.15. The lowest BCUT2D eigenvalue weighted by Gasteiger charge is -2.20. The van der Waals surface area contributed by atoms with E-state index in [9.17, 15) is 0 Å². The third-order valence-corrected chi connectivity index (χ3v) is 13.9. The highest BCUT2D eigenvalue weighted by Crippen LogP contribution is 2.45. The zero-order chi connectivity index (χ0) is 45.4. The second-order valence-electron chi connectivity index (χ2n) is 17.7. The number of rotatable bonds is 7. The summed E-state index contributed by atoms with van der Waals surface area (Å²) >= 11 is 0. The van der Waals surface area contributed by atoms with Crippen LogP contribution in [0.2, 0.25) is 0 Å². The van der Waals surface area contributed by atoms with Crippen LogP contribution in [0.25, 0.3) is 128 Å². The van der Waals surface area contributed by atoms with Crippen molar-refractivity contribution < 1.29 is 0 Å². The lowest BCUT2D eigenvalue weighted by atomic mass is 9.97. The predicted octanol–water partition coefficient (Wildman–Crippen LogP) is 16.4. The van der Waals surface area contributed by atoms with E-state index < -0.39 is 0 Å². The van der Waals surface area contributed by atoms with E-state index in [-0.39, 0.29) is 0 Å². The Morgan fingerprint density at radius 3 is 1.36 bits per heavy atom. The van der Waals surface area contributed by atoms with Gasteiger partial charge in [-0.25, -0.2) is 9.97 Å². The van der Waals surface area contributed by atoms with Gasteiger partial charge in [0.15, 0.2) is 5.82 Å². The minimum absolute atomic E-state index is 0.661. The second-order valence-corrected chi connectivity index (χ2v) is 17.7. The van der Waals surface area contributed by atoms with Crippen LogP contribution < -0.4 is 0 Å². The first-order chi connectivity index (χ1) is 34.3. The molecular formula is C64H41N5. The smallest absolute Gasteiger partial charge is 0.160 e. The van der Waals surface area contributed by atoms with Gasteiger partial charge >= 0.3 is 0 Å². The molecule has 0 saturated heterocycles. The molecular weight excluding hydrogens is 839 g/mol. The minimum atomic E-state index is 0.661. The monoisotopic (exact) mass is 879 g/mol. The Morgan fingerprint density at radius 2 is 0.739 bits per heavy atom. The van der Waals surface area contributed by atoms with Gasteiger partial charge in [0.1, 0.15) is 0 Å². The molecule has 0 aliphatic heterocycles. The maximum atomic E-state index is 5.35. The van der Waals surface area contributed by atoms with Crippen LogP contribution in [0, 0.1) is 0 Å². The van der Waals surface area contributed by atoms with Gasteiger partial charge in [0.2, 0.25) is 0 Å². The Balaban J connectivity index is 1.10. The predicted molar refractivity (Wildman–Crippen MR) is 287 cm³/mol. The summed E-state index contributed by atoms with van der Waals surface area (Å²) < 4.78 is 7.37. The van der Waals surface area contributed by atoms with Crippen LogP contribution >= 0.6 is 0 Å². The average Bonchev–Trinajstić information content (AvgIpc) is 4.07. The Kier molecular flexibility index (Phi) is 8.83. The summed E-state index contributed by atoms with van der Waals surface area (Å²) in [5.41, 5.74) is 17.1. The van der Waals surface area contributed by atoms with Crippen LogP contribution in [0.4, 0.5) is 0 Å². The Morgan fingerprint density at radius 1 is 0.275 bits per heavy atom. The van der Waals surface area contributed by atoms with Crippen molar-refractivity contribution in [3.8, 4) is 62.1 Å². The molecule has 0 radical (unpaired) electrons. The molecule has 0 spiro atoms. The number of fused-ring (bicyclic) bond motifs is 10. The number of para-hydroxylation sites is 6. The highest BCUT2D eigenvalue weighted by molar-refractivity contribution is 6.26. The summed E-state index contributed by atoms with van der Waals surface area (Å²) in [5.74, 6) is 0.661. The van der Waals surface area contributed by atoms with Crippen molar-refractivity contribution in [2.24, 2.45) is 0 Å². The quantitative estimate of drug-likeness (QED) is 0.160. The van der Waals surface area contributed by atoms with Crippen LogP contribution in [-0.4, -0.2) is 23.7 Å². The van der Waals surface area contributed by atoms with Gasteiger partial charge in [-0.15, -0.1) is 0 Å². The van der Waals surface area contributed by atoms with Crippen LogP contribution in [0.1, 0.15) is 0 Å². The average molecular weight is 880 g/mol. The van der Waals surface area contributed by atoms with Crippen molar-refractivity contribution in [3.63, 3.8) is 0 Å². The van der Waals surface area contributed by atoms with Crippen LogP contribution in [0.5, 0.6) is 0 Å². The zero-order valence-corrected chi connectivity index (χ0v) is 37.4. The molecule has 10 aromatic carbocycles. The summed E-state index contributed by atoms with van der Waals surface area (Å²) in [7, 11) is 0. The number of nitrogens with zero attached hydrogens (tertiary/aromatic N) is 5. The zero-order valence-electron chi connectivity index (χ0n) is 37.4. The molecule has 5 nitrogen and oxygen atoms in total. The van der Waals surface area contributed by atoms with Crippen molar-refractivity contribution in [1.82, 2.24) is 23.7 Å². The first kappa shape index (κ1) is 38.9. The van der Waals surface area contributed by atoms with E-state index in [2.05, 4.69) is 250 Å². The molecule has 0 atom stereocenters. The van der Waals surface area contributed by atoms with Crippen molar-refractivity contribution in [3.05, 3.63) is 249 Å². The first-order valence-electron chi connectivity index (χ1n) is 23.5. The summed E-state index contributed by atoms with van der Waals surface area (Å²) in [5, 5.41) is 7.29. The van der Waals surface area contributed by atoms with Gasteiger partial charge in [-0.1, -0.05) is 176 Å². The lowest BCUT2D eigenvalue weighted by Crippen LogP contribution is -2.03. The standard InChI is InChI=1S/C64H41N5/c1-4-20-42(21-5-1)53-41-54(43-22-6-2-7-23-43)66-64(65-53)44-36-38-60(52(40-44)49-29-13-18-34-58(49)68-56-32-16-10-26-46(56)47-27-11-17-33-57(47)68)69-59-35-19-14-30-51(59)62-61(69)39-37-50-48-28-12-15-31-55(48)67(63(50)62)45-24-8-3-9-25-45/h1-41H. The molecule has 322 valence electrons. The highest BCUT2D eigenvalue weighted by atomic mass is 15.0. The molecule has 0 aliphatic rings. The molecule has 0 N–H and O–H groups in total. The fraction of sp³-hybridized carbons (Fsp3) is 0. The van der Waals surface area contributed by atoms with E-state index in [1.165, 1.54) is 43.4 Å². The molecule has 0 unspecified atom stereocenters. The first-order valence-corrected chi connectivity index (χ1v) is 23.5. The van der Waals surface area contributed by atoms with Gasteiger partial charge < -0.3 is 13.7 Å². The second kappa shape index (κ2) is 15.7. The largest absolute Gasteiger partial charge is 0.309 e. The SMILES string of the molecule is c1ccc(-c2cc(-c3ccccc3)nc(-c3ccc(-n4c5ccccc5c5c4ccc4c6ccccc6n(-c6ccccc6)c45)c(-c4ccccc4-n4c5ccccc5c5ccccc54)c3)n2)cc1. The molecule has 69 heavy (non-hydrogen) atoms. The minimum Gasteiger partial charge on any atom is -0.309 e. The van der Waals surface area contributed by atoms with E-state index >= 15 is 0 Å². The third-order valence-electron chi connectivity index (χ3n) is 13.9. The Bertz CT molecular complexity index is 4180. The maximum Gasteiger partial charge on any atom is 0.160 e. The molecule has 4 heterocycles. The molecule has 14 rings (SSSR count). The van der Waals surface area contributed by atoms with Gasteiger partial charge in [-0.05, 0) is 72.8 Å². The Labute approximate surface area is 398 Å². The third kappa shape index (κ3) is 6.11. The molecule has 0 bridgehead atoms. The number of aromatic nitrogens is 5. The van der Waals surface area contributed by atoms with Gasteiger partial charge in [0.25, 0.3) is 0 Å². The normalized spacial score (nSPS) is 11.8. The van der Waals surface area contributed by atoms with Gasteiger partial charge in [-0.3, -0.25) is 0 Å². The van der Waals surface area contributed by atoms with E-state index in [0.717, 1.165) is 78.3 Å². The summed E-state index contributed by atoms with van der Waals surface area (Å²) in [4.78, 5) is 10.7. The van der Waals surface area contributed by atoms with Gasteiger partial charge in [0, 0.05) is 65.8 Å². The molecule has 0 aliphatic carbocycles. The van der Waals surface area contributed by atoms with Crippen molar-refractivity contribution >= 4 is 65.4 Å². The van der Waals surface area contributed by atoms with Crippen molar-refractivity contribution in [1.29, 1.82) is 0 Å². The molecule has 0 amide bonds. The fourth-order valence-electron chi connectivity index (χ4n) is 10.9. The Hall–Kier alpha value is -9.32. The van der Waals surface area contributed by atoms with Gasteiger partial charge in [0.05, 0.1) is 55.9 Å². The van der Waals surface area contributed by atoms with Crippen LogP contribution in [0.15, 0.2) is 249 Å².